The van der Waals surface area contributed by atoms with E-state index in [2.05, 4.69) is 0 Å². The third kappa shape index (κ3) is 5.97. The number of benzene rings is 1. The Morgan fingerprint density at radius 3 is 2.81 bits per heavy atom. The van der Waals surface area contributed by atoms with Crippen LogP contribution in [0.15, 0.2) is 30.3 Å². The summed E-state index contributed by atoms with van der Waals surface area (Å²) in [5, 5.41) is 8.54. The van der Waals surface area contributed by atoms with E-state index in [0.717, 1.165) is 36.8 Å². The van der Waals surface area contributed by atoms with Gasteiger partial charge in [-0.1, -0.05) is 12.1 Å². The predicted octanol–water partition coefficient (Wildman–Crippen LogP) is 2.36. The molecular weight excluding hydrogens is 272 g/mol. The summed E-state index contributed by atoms with van der Waals surface area (Å²) < 4.78 is 16.5. The minimum atomic E-state index is -0.960. The van der Waals surface area contributed by atoms with Gasteiger partial charge in [-0.05, 0) is 36.6 Å². The van der Waals surface area contributed by atoms with E-state index in [0.29, 0.717) is 19.8 Å². The van der Waals surface area contributed by atoms with Crippen LogP contribution in [0.3, 0.4) is 0 Å². The van der Waals surface area contributed by atoms with Gasteiger partial charge in [0, 0.05) is 12.7 Å². The molecule has 1 fully saturated rings. The van der Waals surface area contributed by atoms with E-state index in [1.165, 1.54) is 6.08 Å². The molecule has 0 bridgehead atoms. The lowest BCUT2D eigenvalue weighted by Crippen LogP contribution is -2.17. The highest BCUT2D eigenvalue weighted by molar-refractivity contribution is 5.85. The molecule has 5 nitrogen and oxygen atoms in total. The second kappa shape index (κ2) is 8.44. The first-order valence-electron chi connectivity index (χ1n) is 7.07. The minimum absolute atomic E-state index is 0.241. The van der Waals surface area contributed by atoms with E-state index in [-0.39, 0.29) is 6.10 Å². The lowest BCUT2D eigenvalue weighted by Gasteiger charge is -2.10. The Balaban J connectivity index is 1.62. The lowest BCUT2D eigenvalue weighted by molar-refractivity contribution is -0.131. The van der Waals surface area contributed by atoms with Crippen molar-refractivity contribution in [3.05, 3.63) is 35.9 Å². The van der Waals surface area contributed by atoms with E-state index in [4.69, 9.17) is 19.3 Å². The molecule has 0 amide bonds. The normalized spacial score (nSPS) is 18.2. The van der Waals surface area contributed by atoms with E-state index >= 15 is 0 Å². The van der Waals surface area contributed by atoms with Crippen LogP contribution in [0.4, 0.5) is 0 Å². The van der Waals surface area contributed by atoms with Gasteiger partial charge in [-0.2, -0.15) is 0 Å². The first-order chi connectivity index (χ1) is 10.2. The lowest BCUT2D eigenvalue weighted by atomic mass is 10.2. The molecule has 1 atom stereocenters. The Kier molecular flexibility index (Phi) is 6.24. The summed E-state index contributed by atoms with van der Waals surface area (Å²) in [6, 6.07) is 7.23. The number of hydrogen-bond donors (Lipinski definition) is 1. The molecule has 0 aromatic heterocycles. The van der Waals surface area contributed by atoms with Crippen molar-refractivity contribution in [1.29, 1.82) is 0 Å². The molecule has 114 valence electrons. The molecular formula is C16H20O5. The van der Waals surface area contributed by atoms with Crippen LogP contribution in [0.25, 0.3) is 6.08 Å². The van der Waals surface area contributed by atoms with Gasteiger partial charge in [0.25, 0.3) is 0 Å². The quantitative estimate of drug-likeness (QED) is 0.588. The van der Waals surface area contributed by atoms with Gasteiger partial charge < -0.3 is 19.3 Å². The highest BCUT2D eigenvalue weighted by Gasteiger charge is 2.14. The van der Waals surface area contributed by atoms with Gasteiger partial charge >= 0.3 is 5.97 Å². The van der Waals surface area contributed by atoms with Crippen LogP contribution in [0.2, 0.25) is 0 Å². The number of rotatable bonds is 8. The average molecular weight is 292 g/mol. The summed E-state index contributed by atoms with van der Waals surface area (Å²) in [5.74, 6) is -0.220. The molecule has 1 aliphatic rings. The predicted molar refractivity (Wildman–Crippen MR) is 78.4 cm³/mol. The highest BCUT2D eigenvalue weighted by atomic mass is 16.5. The van der Waals surface area contributed by atoms with Crippen molar-refractivity contribution in [2.75, 3.05) is 26.4 Å². The summed E-state index contributed by atoms with van der Waals surface area (Å²) >= 11 is 0. The number of hydrogen-bond acceptors (Lipinski definition) is 4. The molecule has 1 aromatic rings. The first-order valence-corrected chi connectivity index (χ1v) is 7.07. The Morgan fingerprint density at radius 2 is 2.14 bits per heavy atom. The zero-order valence-corrected chi connectivity index (χ0v) is 11.9. The Hall–Kier alpha value is -1.85. The smallest absolute Gasteiger partial charge is 0.328 e. The van der Waals surface area contributed by atoms with Crippen molar-refractivity contribution in [3.63, 3.8) is 0 Å². The Morgan fingerprint density at radius 1 is 1.33 bits per heavy atom. The van der Waals surface area contributed by atoms with Gasteiger partial charge in [0.2, 0.25) is 0 Å². The summed E-state index contributed by atoms with van der Waals surface area (Å²) in [4.78, 5) is 10.4. The number of carboxylic acid groups (broad SMARTS) is 1. The second-order valence-electron chi connectivity index (χ2n) is 4.80. The summed E-state index contributed by atoms with van der Waals surface area (Å²) in [5.41, 5.74) is 0.819. The van der Waals surface area contributed by atoms with Crippen LogP contribution < -0.4 is 4.74 Å². The maximum Gasteiger partial charge on any atom is 0.328 e. The number of aliphatic carboxylic acids is 1. The van der Waals surface area contributed by atoms with Crippen LogP contribution in [0, 0.1) is 0 Å². The largest absolute Gasteiger partial charge is 0.491 e. The van der Waals surface area contributed by atoms with Crippen LogP contribution >= 0.6 is 0 Å². The van der Waals surface area contributed by atoms with Crippen molar-refractivity contribution < 1.29 is 24.1 Å². The Labute approximate surface area is 124 Å². The maximum atomic E-state index is 10.4. The molecule has 5 heteroatoms. The van der Waals surface area contributed by atoms with E-state index < -0.39 is 5.97 Å². The molecule has 1 aliphatic heterocycles. The van der Waals surface area contributed by atoms with Crippen molar-refractivity contribution in [1.82, 2.24) is 0 Å². The fourth-order valence-corrected chi connectivity index (χ4v) is 2.05. The van der Waals surface area contributed by atoms with Gasteiger partial charge in [0.1, 0.15) is 12.4 Å². The van der Waals surface area contributed by atoms with E-state index in [1.54, 1.807) is 0 Å². The second-order valence-corrected chi connectivity index (χ2v) is 4.80. The van der Waals surface area contributed by atoms with Gasteiger partial charge in [-0.15, -0.1) is 0 Å². The SMILES string of the molecule is O=C(O)C=Cc1ccc(OCCOCC2CCCO2)cc1. The zero-order chi connectivity index (χ0) is 14.9. The maximum absolute atomic E-state index is 10.4. The number of carbonyl (C=O) groups is 1. The molecule has 1 saturated heterocycles. The van der Waals surface area contributed by atoms with Crippen molar-refractivity contribution >= 4 is 12.0 Å². The molecule has 1 unspecified atom stereocenters. The highest BCUT2D eigenvalue weighted by Crippen LogP contribution is 2.14. The van der Waals surface area contributed by atoms with Gasteiger partial charge in [0.15, 0.2) is 0 Å². The first kappa shape index (κ1) is 15.5. The third-order valence-electron chi connectivity index (χ3n) is 3.12. The standard InChI is InChI=1S/C16H20O5/c17-16(18)8-5-13-3-6-14(7-4-13)21-11-10-19-12-15-2-1-9-20-15/h3-8,15H,1-2,9-12H2,(H,17,18). The molecule has 21 heavy (non-hydrogen) atoms. The number of carboxylic acids is 1. The third-order valence-corrected chi connectivity index (χ3v) is 3.12. The molecule has 1 heterocycles. The fourth-order valence-electron chi connectivity index (χ4n) is 2.05. The minimum Gasteiger partial charge on any atom is -0.491 e. The molecule has 2 rings (SSSR count). The van der Waals surface area contributed by atoms with Gasteiger partial charge in [0.05, 0.1) is 19.3 Å². The van der Waals surface area contributed by atoms with Crippen molar-refractivity contribution in [2.24, 2.45) is 0 Å². The van der Waals surface area contributed by atoms with Gasteiger partial charge in [-0.3, -0.25) is 0 Å². The van der Waals surface area contributed by atoms with E-state index in [1.807, 2.05) is 24.3 Å². The molecule has 0 saturated carbocycles. The van der Waals surface area contributed by atoms with Crippen LogP contribution in [-0.4, -0.2) is 43.6 Å². The summed E-state index contributed by atoms with van der Waals surface area (Å²) in [6.07, 6.45) is 5.08. The molecule has 0 aliphatic carbocycles. The van der Waals surface area contributed by atoms with Crippen LogP contribution in [0.1, 0.15) is 18.4 Å². The topological polar surface area (TPSA) is 65.0 Å². The summed E-state index contributed by atoms with van der Waals surface area (Å²) in [7, 11) is 0. The monoisotopic (exact) mass is 292 g/mol. The summed E-state index contributed by atoms with van der Waals surface area (Å²) in [6.45, 7) is 2.48. The average Bonchev–Trinajstić information content (AvgIpc) is 2.99. The zero-order valence-electron chi connectivity index (χ0n) is 11.9. The van der Waals surface area contributed by atoms with Gasteiger partial charge in [-0.25, -0.2) is 4.79 Å². The number of ether oxygens (including phenoxy) is 3. The van der Waals surface area contributed by atoms with Crippen molar-refractivity contribution in [3.8, 4) is 5.75 Å². The molecule has 1 N–H and O–H groups in total. The molecule has 0 radical (unpaired) electrons. The molecule has 0 spiro atoms. The Bertz CT molecular complexity index is 460. The fraction of sp³-hybridized carbons (Fsp3) is 0.438. The van der Waals surface area contributed by atoms with Crippen LogP contribution in [0.5, 0.6) is 5.75 Å². The van der Waals surface area contributed by atoms with E-state index in [9.17, 15) is 4.79 Å². The molecule has 1 aromatic carbocycles. The van der Waals surface area contributed by atoms with Crippen molar-refractivity contribution in [2.45, 2.75) is 18.9 Å². The van der Waals surface area contributed by atoms with Crippen LogP contribution in [-0.2, 0) is 14.3 Å².